The van der Waals surface area contributed by atoms with Crippen molar-refractivity contribution in [2.75, 3.05) is 28.4 Å². The lowest BCUT2D eigenvalue weighted by molar-refractivity contribution is -0.213. The molecule has 0 aromatic rings. The van der Waals surface area contributed by atoms with Crippen molar-refractivity contribution in [2.45, 2.75) is 44.6 Å². The highest BCUT2D eigenvalue weighted by Crippen LogP contribution is 2.58. The van der Waals surface area contributed by atoms with Crippen LogP contribution >= 0.6 is 0 Å². The number of hydrogen-bond donors (Lipinski definition) is 2. The number of aliphatic hydroxyl groups excluding tert-OH is 1. The van der Waals surface area contributed by atoms with Crippen LogP contribution in [0.1, 0.15) is 39.0 Å². The zero-order valence-corrected chi connectivity index (χ0v) is 19.1. The molecule has 0 radical (unpaired) electrons. The van der Waals surface area contributed by atoms with Crippen LogP contribution in [-0.2, 0) is 38.1 Å². The molecule has 0 aliphatic heterocycles. The molecule has 0 spiro atoms. The topological polar surface area (TPSA) is 146 Å². The van der Waals surface area contributed by atoms with E-state index in [0.29, 0.717) is 12.8 Å². The van der Waals surface area contributed by atoms with Gasteiger partial charge in [0.2, 0.25) is 0 Å². The van der Waals surface area contributed by atoms with E-state index in [9.17, 15) is 29.4 Å². The van der Waals surface area contributed by atoms with Crippen LogP contribution in [0.4, 0.5) is 0 Å². The molecular formula is C22H32O10. The van der Waals surface area contributed by atoms with Crippen molar-refractivity contribution in [3.63, 3.8) is 0 Å². The Morgan fingerprint density at radius 3 is 1.97 bits per heavy atom. The van der Waals surface area contributed by atoms with Crippen LogP contribution in [0.2, 0.25) is 0 Å². The molecule has 0 amide bonds. The molecule has 0 saturated heterocycles. The van der Waals surface area contributed by atoms with Crippen molar-refractivity contribution in [3.05, 3.63) is 11.3 Å². The van der Waals surface area contributed by atoms with Crippen LogP contribution in [0, 0.1) is 29.6 Å². The van der Waals surface area contributed by atoms with Gasteiger partial charge < -0.3 is 29.2 Å². The highest BCUT2D eigenvalue weighted by atomic mass is 16.5. The Bertz CT molecular complexity index is 788. The van der Waals surface area contributed by atoms with Gasteiger partial charge in [-0.1, -0.05) is 26.2 Å². The normalized spacial score (nSPS) is 31.5. The lowest BCUT2D eigenvalue weighted by Crippen LogP contribution is -2.68. The average molecular weight is 456 g/mol. The standard InChI is InChI=1S/C22H32O10/c1-6-7-8-9-11-10-12-13(18(24)29-2)17(23)16(21(27)32-5)22(28,14(11)19(25)30-3)15(12)20(26)31-4/h11-12,14-16,23,28H,6-10H2,1-5H3/t11-,12+,14-,15-,16-,22-/m1/s1. The van der Waals surface area contributed by atoms with Crippen LogP contribution in [0.15, 0.2) is 11.3 Å². The fourth-order valence-electron chi connectivity index (χ4n) is 5.41. The number of hydrogen-bond acceptors (Lipinski definition) is 10. The summed E-state index contributed by atoms with van der Waals surface area (Å²) < 4.78 is 19.4. The number of unbranched alkanes of at least 4 members (excludes halogenated alkanes) is 2. The van der Waals surface area contributed by atoms with Crippen LogP contribution in [0.5, 0.6) is 0 Å². The number of rotatable bonds is 8. The van der Waals surface area contributed by atoms with Gasteiger partial charge in [-0.05, 0) is 18.8 Å². The molecule has 0 heterocycles. The van der Waals surface area contributed by atoms with E-state index in [1.54, 1.807) is 0 Å². The maximum Gasteiger partial charge on any atom is 0.337 e. The second-order valence-corrected chi connectivity index (χ2v) is 8.23. The molecule has 2 rings (SSSR count). The number of ether oxygens (including phenoxy) is 4. The summed E-state index contributed by atoms with van der Waals surface area (Å²) in [4.78, 5) is 51.2. The van der Waals surface area contributed by atoms with E-state index in [0.717, 1.165) is 41.3 Å². The van der Waals surface area contributed by atoms with E-state index in [4.69, 9.17) is 18.9 Å². The van der Waals surface area contributed by atoms with Gasteiger partial charge in [0.05, 0.1) is 45.8 Å². The third kappa shape index (κ3) is 4.07. The molecule has 0 aromatic carbocycles. The maximum absolute atomic E-state index is 12.9. The van der Waals surface area contributed by atoms with E-state index in [-0.39, 0.29) is 12.0 Å². The van der Waals surface area contributed by atoms with Gasteiger partial charge in [-0.3, -0.25) is 14.4 Å². The van der Waals surface area contributed by atoms with Crippen molar-refractivity contribution < 1.29 is 48.3 Å². The summed E-state index contributed by atoms with van der Waals surface area (Å²) in [5.74, 6) is -10.9. The zero-order valence-electron chi connectivity index (χ0n) is 19.1. The van der Waals surface area contributed by atoms with Gasteiger partial charge in [-0.15, -0.1) is 0 Å². The Morgan fingerprint density at radius 2 is 1.47 bits per heavy atom. The van der Waals surface area contributed by atoms with Gasteiger partial charge in [0.1, 0.15) is 17.3 Å². The number of methoxy groups -OCH3 is 4. The number of aliphatic hydroxyl groups is 2. The van der Waals surface area contributed by atoms with Crippen molar-refractivity contribution >= 4 is 23.9 Å². The monoisotopic (exact) mass is 456 g/mol. The SMILES string of the molecule is CCCCC[C@@H]1C[C@H]2C(C(=O)OC)=C(O)[C@H](C(=O)OC)[C@@](O)([C@H]1C(=O)OC)[C@H]2C(=O)OC. The Morgan fingerprint density at radius 1 is 0.906 bits per heavy atom. The minimum Gasteiger partial charge on any atom is -0.511 e. The van der Waals surface area contributed by atoms with E-state index in [1.807, 2.05) is 6.92 Å². The molecule has 10 nitrogen and oxygen atoms in total. The van der Waals surface area contributed by atoms with Crippen LogP contribution in [0.25, 0.3) is 0 Å². The summed E-state index contributed by atoms with van der Waals surface area (Å²) in [7, 11) is 4.36. The average Bonchev–Trinajstić information content (AvgIpc) is 2.77. The van der Waals surface area contributed by atoms with Crippen LogP contribution in [-0.4, -0.2) is 68.1 Å². The molecule has 180 valence electrons. The Kier molecular flexibility index (Phi) is 8.28. The first-order valence-corrected chi connectivity index (χ1v) is 10.6. The molecule has 0 aromatic heterocycles. The maximum atomic E-state index is 12.9. The minimum absolute atomic E-state index is 0.105. The summed E-state index contributed by atoms with van der Waals surface area (Å²) >= 11 is 0. The fourth-order valence-corrected chi connectivity index (χ4v) is 5.41. The second kappa shape index (κ2) is 10.3. The van der Waals surface area contributed by atoms with E-state index >= 15 is 0 Å². The summed E-state index contributed by atoms with van der Waals surface area (Å²) in [6.45, 7) is 2.01. The highest BCUT2D eigenvalue weighted by molar-refractivity contribution is 5.95. The van der Waals surface area contributed by atoms with Gasteiger partial charge in [-0.2, -0.15) is 0 Å². The molecule has 2 N–H and O–H groups in total. The van der Waals surface area contributed by atoms with Gasteiger partial charge in [0, 0.05) is 5.92 Å². The summed E-state index contributed by atoms with van der Waals surface area (Å²) in [5, 5.41) is 23.0. The van der Waals surface area contributed by atoms with Crippen LogP contribution in [0.3, 0.4) is 0 Å². The fraction of sp³-hybridized carbons (Fsp3) is 0.727. The molecule has 2 aliphatic rings. The lowest BCUT2D eigenvalue weighted by Gasteiger charge is -2.55. The number of carbonyl (C=O) groups is 4. The van der Waals surface area contributed by atoms with E-state index in [2.05, 4.69) is 0 Å². The van der Waals surface area contributed by atoms with Gasteiger partial charge >= 0.3 is 23.9 Å². The first-order valence-electron chi connectivity index (χ1n) is 10.6. The Balaban J connectivity index is 2.84. The zero-order chi connectivity index (χ0) is 24.2. The third-order valence-electron chi connectivity index (χ3n) is 6.74. The molecule has 32 heavy (non-hydrogen) atoms. The summed E-state index contributed by atoms with van der Waals surface area (Å²) in [5.41, 5.74) is -2.74. The second-order valence-electron chi connectivity index (χ2n) is 8.23. The Hall–Kier alpha value is -2.62. The number of carbonyl (C=O) groups excluding carboxylic acids is 4. The van der Waals surface area contributed by atoms with Crippen molar-refractivity contribution in [2.24, 2.45) is 29.6 Å². The van der Waals surface area contributed by atoms with Gasteiger partial charge in [0.25, 0.3) is 0 Å². The first kappa shape index (κ1) is 25.6. The van der Waals surface area contributed by atoms with Crippen molar-refractivity contribution in [1.82, 2.24) is 0 Å². The van der Waals surface area contributed by atoms with Gasteiger partial charge in [0.15, 0.2) is 0 Å². The van der Waals surface area contributed by atoms with Gasteiger partial charge in [-0.25, -0.2) is 4.79 Å². The minimum atomic E-state index is -2.44. The predicted octanol–water partition coefficient (Wildman–Crippen LogP) is 1.30. The largest absolute Gasteiger partial charge is 0.511 e. The van der Waals surface area contributed by atoms with E-state index < -0.39 is 64.8 Å². The molecular weight excluding hydrogens is 424 g/mol. The number of fused-ring (bicyclic) bond motifs is 2. The lowest BCUT2D eigenvalue weighted by atomic mass is 9.49. The predicted molar refractivity (Wildman–Crippen MR) is 109 cm³/mol. The molecule has 2 bridgehead atoms. The third-order valence-corrected chi connectivity index (χ3v) is 6.74. The van der Waals surface area contributed by atoms with E-state index in [1.165, 1.54) is 0 Å². The summed E-state index contributed by atoms with van der Waals surface area (Å²) in [6, 6.07) is 0. The summed E-state index contributed by atoms with van der Waals surface area (Å²) in [6.07, 6.45) is 3.07. The van der Waals surface area contributed by atoms with Crippen molar-refractivity contribution in [3.8, 4) is 0 Å². The molecule has 10 heteroatoms. The molecule has 1 saturated carbocycles. The number of esters is 4. The molecule has 1 fully saturated rings. The van der Waals surface area contributed by atoms with Crippen molar-refractivity contribution in [1.29, 1.82) is 0 Å². The molecule has 2 aliphatic carbocycles. The highest BCUT2D eigenvalue weighted by Gasteiger charge is 2.70. The molecule has 6 atom stereocenters. The first-order chi connectivity index (χ1) is 15.1. The quantitative estimate of drug-likeness (QED) is 0.311. The Labute approximate surface area is 186 Å². The van der Waals surface area contributed by atoms with Crippen LogP contribution < -0.4 is 0 Å². The smallest absolute Gasteiger partial charge is 0.337 e. The molecule has 0 unspecified atom stereocenters.